The second kappa shape index (κ2) is 8.72. The van der Waals surface area contributed by atoms with E-state index in [1.165, 1.54) is 38.3 Å². The Bertz CT molecular complexity index is 1170. The van der Waals surface area contributed by atoms with Gasteiger partial charge >= 0.3 is 10.1 Å². The number of amides is 2. The van der Waals surface area contributed by atoms with Crippen molar-refractivity contribution in [2.75, 3.05) is 7.11 Å². The van der Waals surface area contributed by atoms with Crippen molar-refractivity contribution >= 4 is 44.9 Å². The summed E-state index contributed by atoms with van der Waals surface area (Å²) in [6.45, 7) is 3.18. The van der Waals surface area contributed by atoms with Crippen LogP contribution in [0.4, 0.5) is 0 Å². The maximum atomic E-state index is 12.5. The quantitative estimate of drug-likeness (QED) is 0.555. The Balaban J connectivity index is 1.83. The van der Waals surface area contributed by atoms with Crippen LogP contribution in [0.2, 0.25) is 0 Å². The first-order valence-electron chi connectivity index (χ1n) is 8.67. The fraction of sp³-hybridized carbons (Fsp3) is 0.150. The number of rotatable bonds is 5. The highest BCUT2D eigenvalue weighted by Crippen LogP contribution is 2.33. The molecule has 0 saturated carbocycles. The van der Waals surface area contributed by atoms with Crippen molar-refractivity contribution in [3.05, 3.63) is 58.5 Å². The summed E-state index contributed by atoms with van der Waals surface area (Å²) in [6, 6.07) is 10.8. The lowest BCUT2D eigenvalue weighted by Gasteiger charge is -2.11. The molecule has 0 spiro atoms. The van der Waals surface area contributed by atoms with Crippen LogP contribution in [0.25, 0.3) is 6.08 Å². The third-order valence-corrected chi connectivity index (χ3v) is 6.05. The summed E-state index contributed by atoms with van der Waals surface area (Å²) in [4.78, 5) is 27.2. The molecule has 0 aromatic heterocycles. The summed E-state index contributed by atoms with van der Waals surface area (Å²) in [5.41, 5.74) is 1.50. The van der Waals surface area contributed by atoms with E-state index >= 15 is 0 Å². The molecule has 0 fully saturated rings. The number of aliphatic imine (C=N–C) groups is 1. The summed E-state index contributed by atoms with van der Waals surface area (Å²) in [6.07, 6.45) is 1.56. The van der Waals surface area contributed by atoms with Crippen molar-refractivity contribution in [2.24, 2.45) is 4.99 Å². The normalized spacial score (nSPS) is 15.1. The minimum Gasteiger partial charge on any atom is -0.493 e. The maximum Gasteiger partial charge on any atom is 0.339 e. The largest absolute Gasteiger partial charge is 0.493 e. The molecule has 156 valence electrons. The van der Waals surface area contributed by atoms with E-state index in [1.807, 2.05) is 6.92 Å². The van der Waals surface area contributed by atoms with Gasteiger partial charge in [0.25, 0.3) is 5.91 Å². The van der Waals surface area contributed by atoms with Crippen LogP contribution in [0, 0.1) is 6.92 Å². The van der Waals surface area contributed by atoms with E-state index in [0.29, 0.717) is 10.5 Å². The third kappa shape index (κ3) is 5.08. The van der Waals surface area contributed by atoms with E-state index in [1.54, 1.807) is 24.3 Å². The molecule has 2 amide bonds. The molecule has 0 aliphatic carbocycles. The molecule has 30 heavy (non-hydrogen) atoms. The molecule has 8 nitrogen and oxygen atoms in total. The lowest BCUT2D eigenvalue weighted by atomic mass is 10.2. The number of amidine groups is 1. The van der Waals surface area contributed by atoms with Crippen molar-refractivity contribution in [1.82, 2.24) is 5.32 Å². The number of carbonyl (C=O) groups excluding carboxylic acids is 2. The van der Waals surface area contributed by atoms with Crippen LogP contribution >= 0.6 is 11.8 Å². The number of thioether (sulfide) groups is 1. The van der Waals surface area contributed by atoms with Gasteiger partial charge in [0.2, 0.25) is 5.91 Å². The number of carbonyl (C=O) groups is 2. The van der Waals surface area contributed by atoms with Crippen molar-refractivity contribution in [2.45, 2.75) is 18.7 Å². The molecule has 1 heterocycles. The zero-order valence-electron chi connectivity index (χ0n) is 16.3. The number of methoxy groups -OCH3 is 1. The first-order chi connectivity index (χ1) is 14.2. The topological polar surface area (TPSA) is 111 Å². The number of ether oxygens (including phenoxy) is 1. The van der Waals surface area contributed by atoms with Crippen molar-refractivity contribution in [1.29, 1.82) is 0 Å². The summed E-state index contributed by atoms with van der Waals surface area (Å²) < 4.78 is 35.5. The molecule has 0 bridgehead atoms. The summed E-state index contributed by atoms with van der Waals surface area (Å²) in [7, 11) is -2.66. The SMILES string of the molecule is COc1cc(/C=C2\SC(NC(C)=O)=NC2=O)ccc1OS(=O)(=O)c1ccc(C)cc1. The van der Waals surface area contributed by atoms with Gasteiger partial charge in [0.15, 0.2) is 16.7 Å². The van der Waals surface area contributed by atoms with Gasteiger partial charge in [0.1, 0.15) is 4.90 Å². The molecule has 1 N–H and O–H groups in total. The highest BCUT2D eigenvalue weighted by atomic mass is 32.2. The fourth-order valence-electron chi connectivity index (χ4n) is 2.48. The molecule has 2 aromatic rings. The molecule has 3 rings (SSSR count). The predicted molar refractivity (Wildman–Crippen MR) is 114 cm³/mol. The zero-order valence-corrected chi connectivity index (χ0v) is 18.0. The van der Waals surface area contributed by atoms with Gasteiger partial charge in [-0.15, -0.1) is 0 Å². The summed E-state index contributed by atoms with van der Waals surface area (Å²) in [5, 5.41) is 2.67. The van der Waals surface area contributed by atoms with Gasteiger partial charge in [0.05, 0.1) is 12.0 Å². The van der Waals surface area contributed by atoms with Crippen LogP contribution < -0.4 is 14.2 Å². The first-order valence-corrected chi connectivity index (χ1v) is 10.9. The lowest BCUT2D eigenvalue weighted by Crippen LogP contribution is -2.23. The van der Waals surface area contributed by atoms with E-state index in [-0.39, 0.29) is 27.5 Å². The second-order valence-electron chi connectivity index (χ2n) is 6.27. The van der Waals surface area contributed by atoms with Crippen LogP contribution in [0.5, 0.6) is 11.5 Å². The standard InChI is InChI=1S/C20H18N2O6S2/c1-12-4-7-15(8-5-12)30(25,26)28-16-9-6-14(10-17(16)27-3)11-18-19(24)22-20(29-18)21-13(2)23/h4-11H,1-3H3,(H,21,22,23,24)/b18-11-. The highest BCUT2D eigenvalue weighted by Gasteiger charge is 2.23. The predicted octanol–water partition coefficient (Wildman–Crippen LogP) is 2.88. The van der Waals surface area contributed by atoms with Gasteiger partial charge in [-0.05, 0) is 54.6 Å². The van der Waals surface area contributed by atoms with E-state index in [9.17, 15) is 18.0 Å². The van der Waals surface area contributed by atoms with Gasteiger partial charge in [-0.1, -0.05) is 23.8 Å². The lowest BCUT2D eigenvalue weighted by molar-refractivity contribution is -0.117. The molecular formula is C20H18N2O6S2. The van der Waals surface area contributed by atoms with Gasteiger partial charge in [-0.25, -0.2) is 0 Å². The monoisotopic (exact) mass is 446 g/mol. The highest BCUT2D eigenvalue weighted by molar-refractivity contribution is 8.18. The molecule has 0 unspecified atom stereocenters. The number of aryl methyl sites for hydroxylation is 1. The third-order valence-electron chi connectivity index (χ3n) is 3.90. The zero-order chi connectivity index (χ0) is 21.9. The molecule has 10 heteroatoms. The molecule has 1 aliphatic rings. The first kappa shape index (κ1) is 21.6. The molecule has 0 radical (unpaired) electrons. The number of hydrogen-bond donors (Lipinski definition) is 1. The van der Waals surface area contributed by atoms with Crippen LogP contribution in [-0.2, 0) is 19.7 Å². The Morgan fingerprint density at radius 1 is 1.13 bits per heavy atom. The van der Waals surface area contributed by atoms with Gasteiger partial charge < -0.3 is 14.2 Å². The maximum absolute atomic E-state index is 12.5. The van der Waals surface area contributed by atoms with Gasteiger partial charge in [-0.2, -0.15) is 13.4 Å². The molecular weight excluding hydrogens is 428 g/mol. The van der Waals surface area contributed by atoms with E-state index in [0.717, 1.165) is 17.3 Å². The molecule has 1 aliphatic heterocycles. The van der Waals surface area contributed by atoms with Crippen molar-refractivity contribution in [3.8, 4) is 11.5 Å². The number of benzene rings is 2. The average molecular weight is 447 g/mol. The molecule has 0 atom stereocenters. The Hall–Kier alpha value is -3.11. The summed E-state index contributed by atoms with van der Waals surface area (Å²) >= 11 is 1.03. The van der Waals surface area contributed by atoms with E-state index in [2.05, 4.69) is 10.3 Å². The minimum absolute atomic E-state index is 0.0146. The Kier molecular flexibility index (Phi) is 6.28. The minimum atomic E-state index is -4.04. The second-order valence-corrected chi connectivity index (χ2v) is 8.85. The molecule has 0 saturated heterocycles. The molecule has 2 aromatic carbocycles. The summed E-state index contributed by atoms with van der Waals surface area (Å²) in [5.74, 6) is -0.613. The fourth-order valence-corrected chi connectivity index (χ4v) is 4.28. The number of nitrogens with zero attached hydrogens (tertiary/aromatic N) is 1. The van der Waals surface area contributed by atoms with Crippen LogP contribution in [0.3, 0.4) is 0 Å². The van der Waals surface area contributed by atoms with Crippen LogP contribution in [0.15, 0.2) is 57.3 Å². The van der Waals surface area contributed by atoms with Gasteiger partial charge in [0, 0.05) is 6.92 Å². The Morgan fingerprint density at radius 3 is 2.47 bits per heavy atom. The van der Waals surface area contributed by atoms with E-state index in [4.69, 9.17) is 8.92 Å². The van der Waals surface area contributed by atoms with Crippen molar-refractivity contribution in [3.63, 3.8) is 0 Å². The van der Waals surface area contributed by atoms with Gasteiger partial charge in [-0.3, -0.25) is 9.59 Å². The smallest absolute Gasteiger partial charge is 0.339 e. The van der Waals surface area contributed by atoms with Crippen molar-refractivity contribution < 1.29 is 26.9 Å². The van der Waals surface area contributed by atoms with E-state index < -0.39 is 16.0 Å². The number of nitrogens with one attached hydrogen (secondary N) is 1. The Morgan fingerprint density at radius 2 is 1.83 bits per heavy atom. The Labute approximate surface area is 178 Å². The van der Waals surface area contributed by atoms with Crippen LogP contribution in [-0.4, -0.2) is 32.5 Å². The average Bonchev–Trinajstić information content (AvgIpc) is 3.01. The number of hydrogen-bond acceptors (Lipinski definition) is 7. The van der Waals surface area contributed by atoms with Crippen LogP contribution in [0.1, 0.15) is 18.1 Å².